The molecule has 0 radical (unpaired) electrons. The van der Waals surface area contributed by atoms with Crippen LogP contribution in [0.25, 0.3) is 0 Å². The van der Waals surface area contributed by atoms with Crippen LogP contribution in [0.3, 0.4) is 0 Å². The van der Waals surface area contributed by atoms with E-state index in [4.69, 9.17) is 0 Å². The van der Waals surface area contributed by atoms with E-state index in [9.17, 15) is 5.11 Å². The number of nitrogens with zero attached hydrogens (tertiary/aromatic N) is 1. The largest absolute Gasteiger partial charge is 0.396 e. The molecular weight excluding hydrogens is 332 g/mol. The fraction of sp³-hybridized carbons (Fsp3) is 0.958. The van der Waals surface area contributed by atoms with Gasteiger partial charge in [-0.3, -0.25) is 9.89 Å². The number of aliphatic hydroxyl groups excluding tert-OH is 1. The van der Waals surface area contributed by atoms with Crippen LogP contribution in [0.1, 0.15) is 117 Å². The van der Waals surface area contributed by atoms with Gasteiger partial charge in [-0.25, -0.2) is 0 Å². The van der Waals surface area contributed by atoms with Crippen molar-refractivity contribution in [2.45, 2.75) is 123 Å². The van der Waals surface area contributed by atoms with E-state index in [1.54, 1.807) is 0 Å². The molecule has 3 nitrogen and oxygen atoms in total. The molecule has 160 valence electrons. The average molecular weight is 382 g/mol. The summed E-state index contributed by atoms with van der Waals surface area (Å²) in [6.07, 6.45) is 24.0. The molecule has 1 rings (SSSR count). The molecule has 1 heterocycles. The molecule has 0 amide bonds. The van der Waals surface area contributed by atoms with Crippen LogP contribution in [0.5, 0.6) is 0 Å². The normalized spacial score (nSPS) is 16.2. The van der Waals surface area contributed by atoms with E-state index in [2.05, 4.69) is 30.1 Å². The molecule has 0 saturated carbocycles. The lowest BCUT2D eigenvalue weighted by Gasteiger charge is -2.25. The van der Waals surface area contributed by atoms with Crippen molar-refractivity contribution in [1.29, 1.82) is 0 Å². The lowest BCUT2D eigenvalue weighted by Crippen LogP contribution is -2.33. The smallest absolute Gasteiger partial charge is 0.232 e. The molecule has 0 aromatic carbocycles. The average Bonchev–Trinajstić information content (AvgIpc) is 3.22. The second-order valence-corrected chi connectivity index (χ2v) is 8.60. The molecule has 1 aliphatic rings. The van der Waals surface area contributed by atoms with Gasteiger partial charge in [0, 0.05) is 6.61 Å². The Bertz CT molecular complexity index is 356. The number of rotatable bonds is 19. The fourth-order valence-electron chi connectivity index (χ4n) is 4.59. The molecule has 0 bridgehead atoms. The molecule has 27 heavy (non-hydrogen) atoms. The summed E-state index contributed by atoms with van der Waals surface area (Å²) >= 11 is 0. The molecule has 1 aliphatic heterocycles. The van der Waals surface area contributed by atoms with Gasteiger partial charge in [-0.15, -0.1) is 0 Å². The topological polar surface area (TPSA) is 35.3 Å². The summed E-state index contributed by atoms with van der Waals surface area (Å²) in [7, 11) is 0. The van der Waals surface area contributed by atoms with E-state index in [0.29, 0.717) is 12.6 Å². The van der Waals surface area contributed by atoms with Crippen LogP contribution < -0.4 is 5.32 Å². The quantitative estimate of drug-likeness (QED) is 0.216. The Morgan fingerprint density at radius 3 is 1.89 bits per heavy atom. The van der Waals surface area contributed by atoms with Crippen LogP contribution in [0.2, 0.25) is 0 Å². The van der Waals surface area contributed by atoms with Gasteiger partial charge in [-0.05, 0) is 31.6 Å². The van der Waals surface area contributed by atoms with Crippen molar-refractivity contribution in [3.05, 3.63) is 0 Å². The zero-order valence-corrected chi connectivity index (χ0v) is 18.6. The van der Waals surface area contributed by atoms with Crippen LogP contribution >= 0.6 is 0 Å². The maximum Gasteiger partial charge on any atom is 0.232 e. The Morgan fingerprint density at radius 1 is 0.815 bits per heavy atom. The number of hydrogen-bond acceptors (Lipinski definition) is 2. The molecule has 2 atom stereocenters. The second-order valence-electron chi connectivity index (χ2n) is 8.60. The summed E-state index contributed by atoms with van der Waals surface area (Å²) in [6, 6.07) is 0.616. The SMILES string of the molecule is CCCCCCCCCCCCCCC(CC)C(CCCO)[N+]1=CNCC1. The molecular formula is C24H49N2O+. The van der Waals surface area contributed by atoms with Crippen molar-refractivity contribution in [2.24, 2.45) is 5.92 Å². The third kappa shape index (κ3) is 11.8. The molecule has 2 N–H and O–H groups in total. The van der Waals surface area contributed by atoms with Crippen molar-refractivity contribution in [3.8, 4) is 0 Å². The summed E-state index contributed by atoms with van der Waals surface area (Å²) in [5, 5.41) is 12.6. The predicted molar refractivity (Wildman–Crippen MR) is 119 cm³/mol. The third-order valence-electron chi connectivity index (χ3n) is 6.35. The molecule has 3 heteroatoms. The maximum absolute atomic E-state index is 9.26. The standard InChI is InChI=1S/C24H48N2O/c1-3-5-6-7-8-9-10-11-12-13-14-15-17-23(4-2)24(18-16-21-27)26-20-19-25-22-26/h22-24,27H,3-21H2,1-2H3/p+1. The third-order valence-corrected chi connectivity index (χ3v) is 6.35. The van der Waals surface area contributed by atoms with Gasteiger partial charge >= 0.3 is 0 Å². The first kappa shape index (κ1) is 24.5. The van der Waals surface area contributed by atoms with Crippen molar-refractivity contribution in [2.75, 3.05) is 19.7 Å². The lowest BCUT2D eigenvalue weighted by molar-refractivity contribution is -0.563. The summed E-state index contributed by atoms with van der Waals surface area (Å²) in [6.45, 7) is 7.17. The van der Waals surface area contributed by atoms with Crippen LogP contribution in [0.4, 0.5) is 0 Å². The summed E-state index contributed by atoms with van der Waals surface area (Å²) in [5.41, 5.74) is 0. The molecule has 0 aliphatic carbocycles. The van der Waals surface area contributed by atoms with Crippen molar-refractivity contribution < 1.29 is 9.68 Å². The Balaban J connectivity index is 2.08. The van der Waals surface area contributed by atoms with Crippen LogP contribution in [0, 0.1) is 5.92 Å². The number of hydrogen-bond donors (Lipinski definition) is 2. The van der Waals surface area contributed by atoms with E-state index in [0.717, 1.165) is 31.8 Å². The fourth-order valence-corrected chi connectivity index (χ4v) is 4.59. The Kier molecular flexibility index (Phi) is 15.9. The Labute approximate surface area is 170 Å². The first-order valence-electron chi connectivity index (χ1n) is 12.3. The van der Waals surface area contributed by atoms with Gasteiger partial charge in [0.05, 0.1) is 6.04 Å². The van der Waals surface area contributed by atoms with Crippen LogP contribution in [-0.4, -0.2) is 41.8 Å². The second kappa shape index (κ2) is 17.5. The Morgan fingerprint density at radius 2 is 1.41 bits per heavy atom. The van der Waals surface area contributed by atoms with E-state index in [-0.39, 0.29) is 0 Å². The first-order chi connectivity index (χ1) is 13.3. The monoisotopic (exact) mass is 381 g/mol. The van der Waals surface area contributed by atoms with Crippen molar-refractivity contribution >= 4 is 6.34 Å². The minimum absolute atomic E-state index is 0.326. The molecule has 0 spiro atoms. The van der Waals surface area contributed by atoms with E-state index in [1.165, 1.54) is 89.9 Å². The minimum atomic E-state index is 0.326. The van der Waals surface area contributed by atoms with Gasteiger partial charge in [-0.2, -0.15) is 0 Å². The van der Waals surface area contributed by atoms with Crippen LogP contribution in [0.15, 0.2) is 0 Å². The van der Waals surface area contributed by atoms with Gasteiger partial charge in [0.15, 0.2) is 0 Å². The zero-order chi connectivity index (χ0) is 19.6. The number of unbranched alkanes of at least 4 members (excludes halogenated alkanes) is 11. The highest BCUT2D eigenvalue weighted by molar-refractivity contribution is 5.49. The molecule has 0 saturated heterocycles. The van der Waals surface area contributed by atoms with Crippen molar-refractivity contribution in [1.82, 2.24) is 5.32 Å². The van der Waals surface area contributed by atoms with Crippen molar-refractivity contribution in [3.63, 3.8) is 0 Å². The molecule has 0 fully saturated rings. The summed E-state index contributed by atoms with van der Waals surface area (Å²) < 4.78 is 2.50. The molecule has 0 aromatic rings. The van der Waals surface area contributed by atoms with Gasteiger partial charge in [0.1, 0.15) is 13.1 Å². The molecule has 2 unspecified atom stereocenters. The highest BCUT2D eigenvalue weighted by atomic mass is 16.2. The number of nitrogens with one attached hydrogen (secondary N) is 1. The molecule has 0 aromatic heterocycles. The van der Waals surface area contributed by atoms with Crippen LogP contribution in [-0.2, 0) is 0 Å². The van der Waals surface area contributed by atoms with E-state index < -0.39 is 0 Å². The van der Waals surface area contributed by atoms with Gasteiger partial charge in [0.25, 0.3) is 0 Å². The lowest BCUT2D eigenvalue weighted by atomic mass is 9.87. The minimum Gasteiger partial charge on any atom is -0.396 e. The summed E-state index contributed by atoms with van der Waals surface area (Å²) in [4.78, 5) is 0. The van der Waals surface area contributed by atoms with E-state index in [1.807, 2.05) is 0 Å². The van der Waals surface area contributed by atoms with Gasteiger partial charge in [-0.1, -0.05) is 90.9 Å². The van der Waals surface area contributed by atoms with Gasteiger partial charge < -0.3 is 5.11 Å². The summed E-state index contributed by atoms with van der Waals surface area (Å²) in [5.74, 6) is 0.774. The highest BCUT2D eigenvalue weighted by Crippen LogP contribution is 2.24. The van der Waals surface area contributed by atoms with Gasteiger partial charge in [0.2, 0.25) is 6.34 Å². The zero-order valence-electron chi connectivity index (χ0n) is 18.6. The highest BCUT2D eigenvalue weighted by Gasteiger charge is 2.27. The predicted octanol–water partition coefficient (Wildman–Crippen LogP) is 5.89. The maximum atomic E-state index is 9.26. The first-order valence-corrected chi connectivity index (χ1v) is 12.3. The number of aliphatic hydroxyl groups is 1. The Hall–Kier alpha value is -0.570. The van der Waals surface area contributed by atoms with E-state index >= 15 is 0 Å².